The summed E-state index contributed by atoms with van der Waals surface area (Å²) in [6.45, 7) is 0.712. The Morgan fingerprint density at radius 3 is 3.06 bits per heavy atom. The molecule has 0 saturated carbocycles. The van der Waals surface area contributed by atoms with Gasteiger partial charge in [-0.25, -0.2) is 4.98 Å². The van der Waals surface area contributed by atoms with Crippen LogP contribution < -0.4 is 0 Å². The molecule has 1 atom stereocenters. The molecule has 6 nitrogen and oxygen atoms in total. The van der Waals surface area contributed by atoms with Gasteiger partial charge in [0, 0.05) is 12.7 Å². The predicted molar refractivity (Wildman–Crippen MR) is 58.6 cm³/mol. The molecule has 1 aromatic carbocycles. The van der Waals surface area contributed by atoms with Crippen molar-refractivity contribution in [3.05, 3.63) is 34.2 Å². The lowest BCUT2D eigenvalue weighted by molar-refractivity contribution is -0.384. The summed E-state index contributed by atoms with van der Waals surface area (Å²) in [5.41, 5.74) is 1.07. The first kappa shape index (κ1) is 10.2. The molecule has 2 heterocycles. The summed E-state index contributed by atoms with van der Waals surface area (Å²) in [7, 11) is 0. The van der Waals surface area contributed by atoms with Crippen molar-refractivity contribution < 1.29 is 14.1 Å². The predicted octanol–water partition coefficient (Wildman–Crippen LogP) is 2.59. The Balaban J connectivity index is 2.03. The zero-order valence-corrected chi connectivity index (χ0v) is 8.96. The van der Waals surface area contributed by atoms with E-state index in [1.165, 1.54) is 12.1 Å². The van der Waals surface area contributed by atoms with Gasteiger partial charge >= 0.3 is 0 Å². The summed E-state index contributed by atoms with van der Waals surface area (Å²) in [5.74, 6) is 0.512. The summed E-state index contributed by atoms with van der Waals surface area (Å²) >= 11 is 0. The van der Waals surface area contributed by atoms with Gasteiger partial charge in [-0.1, -0.05) is 0 Å². The molecule has 0 amide bonds. The third-order valence-electron chi connectivity index (χ3n) is 2.80. The Morgan fingerprint density at radius 2 is 2.35 bits per heavy atom. The van der Waals surface area contributed by atoms with Crippen LogP contribution in [0.1, 0.15) is 24.8 Å². The first-order valence-corrected chi connectivity index (χ1v) is 5.40. The number of hydrogen-bond donors (Lipinski definition) is 0. The van der Waals surface area contributed by atoms with Crippen molar-refractivity contribution in [1.82, 2.24) is 4.98 Å². The highest BCUT2D eigenvalue weighted by Gasteiger charge is 2.23. The molecule has 1 aliphatic rings. The second-order valence-electron chi connectivity index (χ2n) is 3.96. The zero-order chi connectivity index (χ0) is 11.8. The molecular formula is C11H10N2O4. The largest absolute Gasteiger partial charge is 0.438 e. The molecule has 0 aliphatic carbocycles. The van der Waals surface area contributed by atoms with Gasteiger partial charge in [-0.3, -0.25) is 10.1 Å². The first-order valence-electron chi connectivity index (χ1n) is 5.40. The van der Waals surface area contributed by atoms with E-state index in [1.807, 2.05) is 0 Å². The number of aromatic nitrogens is 1. The maximum Gasteiger partial charge on any atom is 0.273 e. The SMILES string of the molecule is O=[N+]([O-])c1ccc2nc(C3CCCO3)oc2c1. The molecule has 0 radical (unpaired) electrons. The van der Waals surface area contributed by atoms with E-state index in [-0.39, 0.29) is 11.8 Å². The Hall–Kier alpha value is -1.95. The topological polar surface area (TPSA) is 78.4 Å². The van der Waals surface area contributed by atoms with Crippen molar-refractivity contribution in [1.29, 1.82) is 0 Å². The highest BCUT2D eigenvalue weighted by Crippen LogP contribution is 2.31. The average Bonchev–Trinajstić information content (AvgIpc) is 2.96. The van der Waals surface area contributed by atoms with Gasteiger partial charge in [-0.05, 0) is 18.9 Å². The molecule has 0 spiro atoms. The van der Waals surface area contributed by atoms with Crippen LogP contribution in [0.15, 0.2) is 22.6 Å². The maximum atomic E-state index is 10.6. The van der Waals surface area contributed by atoms with Crippen LogP contribution in [0.5, 0.6) is 0 Å². The molecule has 3 rings (SSSR count). The third-order valence-corrected chi connectivity index (χ3v) is 2.80. The molecule has 6 heteroatoms. The van der Waals surface area contributed by atoms with Crippen molar-refractivity contribution in [2.45, 2.75) is 18.9 Å². The van der Waals surface area contributed by atoms with Gasteiger partial charge in [0.2, 0.25) is 5.89 Å². The maximum absolute atomic E-state index is 10.6. The molecule has 1 aliphatic heterocycles. The molecule has 1 saturated heterocycles. The Labute approximate surface area is 96.3 Å². The number of non-ortho nitro benzene ring substituents is 1. The van der Waals surface area contributed by atoms with E-state index >= 15 is 0 Å². The Bertz CT molecular complexity index is 572. The van der Waals surface area contributed by atoms with E-state index in [9.17, 15) is 10.1 Å². The fourth-order valence-electron chi connectivity index (χ4n) is 1.95. The molecule has 2 aromatic rings. The van der Waals surface area contributed by atoms with Gasteiger partial charge in [0.05, 0.1) is 11.0 Å². The number of rotatable bonds is 2. The van der Waals surface area contributed by atoms with Crippen LogP contribution in [0.4, 0.5) is 5.69 Å². The molecule has 0 bridgehead atoms. The fraction of sp³-hybridized carbons (Fsp3) is 0.364. The second kappa shape index (κ2) is 3.81. The van der Waals surface area contributed by atoms with Crippen LogP contribution in [-0.4, -0.2) is 16.5 Å². The summed E-state index contributed by atoms with van der Waals surface area (Å²) in [4.78, 5) is 14.5. The van der Waals surface area contributed by atoms with Crippen molar-refractivity contribution in [3.8, 4) is 0 Å². The van der Waals surface area contributed by atoms with Gasteiger partial charge in [-0.15, -0.1) is 0 Å². The molecule has 88 valence electrons. The highest BCUT2D eigenvalue weighted by atomic mass is 16.6. The normalized spacial score (nSPS) is 19.9. The van der Waals surface area contributed by atoms with Crippen molar-refractivity contribution in [2.75, 3.05) is 6.61 Å². The van der Waals surface area contributed by atoms with Crippen LogP contribution >= 0.6 is 0 Å². The van der Waals surface area contributed by atoms with Crippen LogP contribution in [0.25, 0.3) is 11.1 Å². The third kappa shape index (κ3) is 1.76. The number of nitro benzene ring substituents is 1. The average molecular weight is 234 g/mol. The van der Waals surface area contributed by atoms with Crippen LogP contribution in [0.3, 0.4) is 0 Å². The highest BCUT2D eigenvalue weighted by molar-refractivity contribution is 5.75. The number of fused-ring (bicyclic) bond motifs is 1. The standard InChI is InChI=1S/C11H10N2O4/c14-13(15)7-3-4-8-10(6-7)17-11(12-8)9-2-1-5-16-9/h3-4,6,9H,1-2,5H2. The Kier molecular flexibility index (Phi) is 2.29. The lowest BCUT2D eigenvalue weighted by atomic mass is 10.2. The quantitative estimate of drug-likeness (QED) is 0.589. The van der Waals surface area contributed by atoms with Crippen molar-refractivity contribution in [2.24, 2.45) is 0 Å². The van der Waals surface area contributed by atoms with Gasteiger partial charge in [0.25, 0.3) is 5.69 Å². The van der Waals surface area contributed by atoms with E-state index < -0.39 is 4.92 Å². The smallest absolute Gasteiger partial charge is 0.273 e. The van der Waals surface area contributed by atoms with Gasteiger partial charge in [0.1, 0.15) is 11.6 Å². The van der Waals surface area contributed by atoms with E-state index in [2.05, 4.69) is 4.98 Å². The first-order chi connectivity index (χ1) is 8.24. The van der Waals surface area contributed by atoms with E-state index in [4.69, 9.17) is 9.15 Å². The van der Waals surface area contributed by atoms with Gasteiger partial charge in [0.15, 0.2) is 5.58 Å². The monoisotopic (exact) mass is 234 g/mol. The molecular weight excluding hydrogens is 224 g/mol. The molecule has 0 N–H and O–H groups in total. The summed E-state index contributed by atoms with van der Waals surface area (Å²) in [6.07, 6.45) is 1.76. The summed E-state index contributed by atoms with van der Waals surface area (Å²) < 4.78 is 11.0. The Morgan fingerprint density at radius 1 is 1.47 bits per heavy atom. The van der Waals surface area contributed by atoms with Crippen molar-refractivity contribution >= 4 is 16.8 Å². The zero-order valence-electron chi connectivity index (χ0n) is 8.96. The minimum absolute atomic E-state index is 0.00698. The molecule has 1 fully saturated rings. The number of benzene rings is 1. The number of nitrogens with zero attached hydrogens (tertiary/aromatic N) is 2. The van der Waals surface area contributed by atoms with Gasteiger partial charge < -0.3 is 9.15 Å². The van der Waals surface area contributed by atoms with E-state index in [1.54, 1.807) is 6.07 Å². The number of nitro groups is 1. The minimum Gasteiger partial charge on any atom is -0.438 e. The van der Waals surface area contributed by atoms with E-state index in [0.717, 1.165) is 12.8 Å². The van der Waals surface area contributed by atoms with E-state index in [0.29, 0.717) is 23.6 Å². The number of hydrogen-bond acceptors (Lipinski definition) is 5. The fourth-order valence-corrected chi connectivity index (χ4v) is 1.95. The van der Waals surface area contributed by atoms with Crippen LogP contribution in [0, 0.1) is 10.1 Å². The van der Waals surface area contributed by atoms with Crippen LogP contribution in [-0.2, 0) is 4.74 Å². The number of ether oxygens (including phenoxy) is 1. The molecule has 1 aromatic heterocycles. The summed E-state index contributed by atoms with van der Waals surface area (Å²) in [5, 5.41) is 10.6. The number of oxazole rings is 1. The van der Waals surface area contributed by atoms with Crippen molar-refractivity contribution in [3.63, 3.8) is 0 Å². The molecule has 1 unspecified atom stereocenters. The lowest BCUT2D eigenvalue weighted by Crippen LogP contribution is -1.94. The lowest BCUT2D eigenvalue weighted by Gasteiger charge is -2.01. The van der Waals surface area contributed by atoms with Crippen LogP contribution in [0.2, 0.25) is 0 Å². The summed E-state index contributed by atoms with van der Waals surface area (Å²) in [6, 6.07) is 4.40. The second-order valence-corrected chi connectivity index (χ2v) is 3.96. The minimum atomic E-state index is -0.451. The van der Waals surface area contributed by atoms with Gasteiger partial charge in [-0.2, -0.15) is 0 Å². The molecule has 17 heavy (non-hydrogen) atoms.